The Hall–Kier alpha value is -1.07. The van der Waals surface area contributed by atoms with E-state index in [0.717, 1.165) is 31.2 Å². The molecule has 1 saturated carbocycles. The second kappa shape index (κ2) is 6.36. The van der Waals surface area contributed by atoms with Crippen molar-refractivity contribution in [3.8, 4) is 0 Å². The summed E-state index contributed by atoms with van der Waals surface area (Å²) in [7, 11) is -1.76. The molecule has 0 aliphatic heterocycles. The number of benzene rings is 1. The maximum atomic E-state index is 12.8. The zero-order valence-corrected chi connectivity index (χ0v) is 14.0. The first-order chi connectivity index (χ1) is 9.86. The highest BCUT2D eigenvalue weighted by molar-refractivity contribution is 7.89. The minimum atomic E-state index is -3.46. The van der Waals surface area contributed by atoms with E-state index in [1.54, 1.807) is 23.5 Å². The minimum absolute atomic E-state index is 0.103. The topological polar surface area (TPSA) is 63.4 Å². The monoisotopic (exact) mass is 310 g/mol. The molecule has 1 aliphatic carbocycles. The molecule has 0 saturated heterocycles. The molecule has 0 aromatic heterocycles. The van der Waals surface area contributed by atoms with Crippen LogP contribution in [0.1, 0.15) is 45.1 Å². The number of nitrogens with two attached hydrogens (primary N) is 1. The molecule has 118 valence electrons. The molecule has 0 spiro atoms. The van der Waals surface area contributed by atoms with Gasteiger partial charge in [-0.3, -0.25) is 0 Å². The van der Waals surface area contributed by atoms with Gasteiger partial charge in [-0.05, 0) is 42.9 Å². The number of sulfonamides is 1. The normalized spacial score (nSPS) is 23.4. The number of nitrogens with zero attached hydrogens (tertiary/aromatic N) is 1. The van der Waals surface area contributed by atoms with E-state index in [-0.39, 0.29) is 6.04 Å². The van der Waals surface area contributed by atoms with Crippen molar-refractivity contribution in [1.29, 1.82) is 0 Å². The molecule has 2 atom stereocenters. The van der Waals surface area contributed by atoms with E-state index < -0.39 is 10.0 Å². The Kier molecular flexibility index (Phi) is 4.94. The molecule has 4 nitrogen and oxygen atoms in total. The SMILES string of the molecule is CCc1ccc(S(=O)(=O)N(C)C2CCCC(C)C2)cc1N. The van der Waals surface area contributed by atoms with E-state index in [1.807, 2.05) is 13.0 Å². The molecule has 0 heterocycles. The smallest absolute Gasteiger partial charge is 0.243 e. The van der Waals surface area contributed by atoms with Crippen LogP contribution < -0.4 is 5.73 Å². The Labute approximate surface area is 128 Å². The summed E-state index contributed by atoms with van der Waals surface area (Å²) in [6.07, 6.45) is 4.99. The maximum Gasteiger partial charge on any atom is 0.243 e. The van der Waals surface area contributed by atoms with Crippen molar-refractivity contribution < 1.29 is 8.42 Å². The molecule has 0 amide bonds. The Balaban J connectivity index is 2.26. The van der Waals surface area contributed by atoms with Gasteiger partial charge >= 0.3 is 0 Å². The first-order valence-corrected chi connectivity index (χ1v) is 9.16. The zero-order chi connectivity index (χ0) is 15.6. The fraction of sp³-hybridized carbons (Fsp3) is 0.625. The van der Waals surface area contributed by atoms with Crippen molar-refractivity contribution in [2.24, 2.45) is 5.92 Å². The van der Waals surface area contributed by atoms with Crippen LogP contribution >= 0.6 is 0 Å². The summed E-state index contributed by atoms with van der Waals surface area (Å²) in [4.78, 5) is 0.304. The molecule has 0 bridgehead atoms. The Morgan fingerprint density at radius 3 is 2.62 bits per heavy atom. The first-order valence-electron chi connectivity index (χ1n) is 7.72. The van der Waals surface area contributed by atoms with Gasteiger partial charge in [-0.2, -0.15) is 4.31 Å². The summed E-state index contributed by atoms with van der Waals surface area (Å²) in [6, 6.07) is 5.19. The fourth-order valence-corrected chi connectivity index (χ4v) is 4.58. The molecule has 1 fully saturated rings. The summed E-state index contributed by atoms with van der Waals surface area (Å²) < 4.78 is 27.1. The highest BCUT2D eigenvalue weighted by atomic mass is 32.2. The molecule has 0 radical (unpaired) electrons. The number of rotatable bonds is 4. The highest BCUT2D eigenvalue weighted by Crippen LogP contribution is 2.30. The van der Waals surface area contributed by atoms with Crippen molar-refractivity contribution in [1.82, 2.24) is 4.31 Å². The van der Waals surface area contributed by atoms with Crippen LogP contribution in [0.3, 0.4) is 0 Å². The average Bonchev–Trinajstić information content (AvgIpc) is 2.46. The van der Waals surface area contributed by atoms with Gasteiger partial charge in [0.25, 0.3) is 0 Å². The van der Waals surface area contributed by atoms with E-state index in [9.17, 15) is 8.42 Å². The lowest BCUT2D eigenvalue weighted by Gasteiger charge is -2.33. The van der Waals surface area contributed by atoms with Gasteiger partial charge in [0.05, 0.1) is 4.90 Å². The van der Waals surface area contributed by atoms with E-state index in [1.165, 1.54) is 6.42 Å². The molecule has 1 aliphatic rings. The van der Waals surface area contributed by atoms with Crippen LogP contribution in [-0.4, -0.2) is 25.8 Å². The predicted octanol–water partition coefficient (Wildman–Crippen LogP) is 3.03. The maximum absolute atomic E-state index is 12.8. The average molecular weight is 310 g/mol. The van der Waals surface area contributed by atoms with Crippen LogP contribution in [0.4, 0.5) is 5.69 Å². The summed E-state index contributed by atoms with van der Waals surface area (Å²) in [5.74, 6) is 0.592. The molecule has 2 rings (SSSR count). The van der Waals surface area contributed by atoms with Crippen molar-refractivity contribution in [2.45, 2.75) is 56.9 Å². The minimum Gasteiger partial charge on any atom is -0.398 e. The van der Waals surface area contributed by atoms with Crippen LogP contribution in [0.2, 0.25) is 0 Å². The molecule has 1 aromatic carbocycles. The van der Waals surface area contributed by atoms with Crippen LogP contribution in [0.15, 0.2) is 23.1 Å². The first kappa shape index (κ1) is 16.3. The molecule has 2 N–H and O–H groups in total. The number of aryl methyl sites for hydroxylation is 1. The van der Waals surface area contributed by atoms with Crippen LogP contribution in [-0.2, 0) is 16.4 Å². The molecule has 2 unspecified atom stereocenters. The number of hydrogen-bond acceptors (Lipinski definition) is 3. The van der Waals surface area contributed by atoms with Crippen molar-refractivity contribution in [2.75, 3.05) is 12.8 Å². The van der Waals surface area contributed by atoms with E-state index in [2.05, 4.69) is 6.92 Å². The molecular weight excluding hydrogens is 284 g/mol. The van der Waals surface area contributed by atoms with Gasteiger partial charge in [-0.15, -0.1) is 0 Å². The summed E-state index contributed by atoms with van der Waals surface area (Å²) in [6.45, 7) is 4.20. The van der Waals surface area contributed by atoms with Gasteiger partial charge in [-0.25, -0.2) is 8.42 Å². The van der Waals surface area contributed by atoms with Gasteiger partial charge in [0, 0.05) is 18.8 Å². The van der Waals surface area contributed by atoms with Crippen LogP contribution in [0.25, 0.3) is 0 Å². The van der Waals surface area contributed by atoms with Gasteiger partial charge < -0.3 is 5.73 Å². The van der Waals surface area contributed by atoms with Gasteiger partial charge in [0.2, 0.25) is 10.0 Å². The van der Waals surface area contributed by atoms with Crippen molar-refractivity contribution in [3.63, 3.8) is 0 Å². The summed E-state index contributed by atoms with van der Waals surface area (Å²) >= 11 is 0. The molecule has 21 heavy (non-hydrogen) atoms. The number of nitrogen functional groups attached to an aromatic ring is 1. The van der Waals surface area contributed by atoms with Gasteiger partial charge in [0.1, 0.15) is 0 Å². The lowest BCUT2D eigenvalue weighted by molar-refractivity contribution is 0.239. The Morgan fingerprint density at radius 2 is 2.05 bits per heavy atom. The fourth-order valence-electron chi connectivity index (χ4n) is 3.15. The second-order valence-corrected chi connectivity index (χ2v) is 8.16. The summed E-state index contributed by atoms with van der Waals surface area (Å²) in [5, 5.41) is 0. The van der Waals surface area contributed by atoms with Crippen molar-refractivity contribution >= 4 is 15.7 Å². The third-order valence-electron chi connectivity index (χ3n) is 4.60. The zero-order valence-electron chi connectivity index (χ0n) is 13.2. The second-order valence-electron chi connectivity index (χ2n) is 6.16. The standard InChI is InChI=1S/C16H26N2O2S/c1-4-13-8-9-15(11-16(13)17)21(19,20)18(3)14-7-5-6-12(2)10-14/h8-9,11-12,14H,4-7,10,17H2,1-3H3. The van der Waals surface area contributed by atoms with Gasteiger partial charge in [-0.1, -0.05) is 32.8 Å². The third-order valence-corrected chi connectivity index (χ3v) is 6.50. The largest absolute Gasteiger partial charge is 0.398 e. The quantitative estimate of drug-likeness (QED) is 0.869. The van der Waals surface area contributed by atoms with E-state index in [0.29, 0.717) is 16.5 Å². The van der Waals surface area contributed by atoms with Gasteiger partial charge in [0.15, 0.2) is 0 Å². The summed E-state index contributed by atoms with van der Waals surface area (Å²) in [5.41, 5.74) is 7.49. The lowest BCUT2D eigenvalue weighted by atomic mass is 9.87. The predicted molar refractivity (Wildman–Crippen MR) is 86.6 cm³/mol. The molecular formula is C16H26N2O2S. The lowest BCUT2D eigenvalue weighted by Crippen LogP contribution is -2.39. The van der Waals surface area contributed by atoms with Crippen molar-refractivity contribution in [3.05, 3.63) is 23.8 Å². The van der Waals surface area contributed by atoms with E-state index in [4.69, 9.17) is 5.73 Å². The number of hydrogen-bond donors (Lipinski definition) is 1. The Bertz CT molecular complexity index is 598. The number of anilines is 1. The third kappa shape index (κ3) is 3.40. The van der Waals surface area contributed by atoms with Crippen LogP contribution in [0.5, 0.6) is 0 Å². The highest BCUT2D eigenvalue weighted by Gasteiger charge is 2.31. The van der Waals surface area contributed by atoms with E-state index >= 15 is 0 Å². The molecule has 1 aromatic rings. The van der Waals surface area contributed by atoms with Crippen LogP contribution in [0, 0.1) is 5.92 Å². The molecule has 5 heteroatoms. The Morgan fingerprint density at radius 1 is 1.33 bits per heavy atom.